The number of Topliss-reactive ketones (excluding diaryl/α,β-unsaturated/α-hetero) is 1. The maximum absolute atomic E-state index is 14.5. The van der Waals surface area contributed by atoms with Crippen molar-refractivity contribution in [2.45, 2.75) is 32.5 Å². The molecule has 8 heteroatoms. The highest BCUT2D eigenvalue weighted by Crippen LogP contribution is 2.39. The van der Waals surface area contributed by atoms with Crippen molar-refractivity contribution < 1.29 is 9.18 Å². The maximum atomic E-state index is 14.5. The second-order valence-electron chi connectivity index (χ2n) is 8.54. The topological polar surface area (TPSA) is 46.3 Å². The zero-order valence-electron chi connectivity index (χ0n) is 18.1. The van der Waals surface area contributed by atoms with Crippen LogP contribution in [-0.2, 0) is 6.67 Å². The summed E-state index contributed by atoms with van der Waals surface area (Å²) in [5, 5.41) is 4.75. The number of rotatable bonds is 6. The van der Waals surface area contributed by atoms with Crippen molar-refractivity contribution in [3.05, 3.63) is 64.7 Å². The number of benzene rings is 2. The first-order valence-electron chi connectivity index (χ1n) is 11.0. The van der Waals surface area contributed by atoms with Crippen molar-refractivity contribution in [3.8, 4) is 11.4 Å². The second kappa shape index (κ2) is 8.60. The fourth-order valence-corrected chi connectivity index (χ4v) is 4.58. The molecule has 32 heavy (non-hydrogen) atoms. The van der Waals surface area contributed by atoms with Crippen LogP contribution < -0.4 is 4.90 Å². The Bertz CT molecular complexity index is 1190. The van der Waals surface area contributed by atoms with Crippen LogP contribution in [0.2, 0.25) is 0 Å². The highest BCUT2D eigenvalue weighted by molar-refractivity contribution is 7.71. The molecule has 0 atom stereocenters. The van der Waals surface area contributed by atoms with Crippen molar-refractivity contribution in [2.75, 3.05) is 31.1 Å². The van der Waals surface area contributed by atoms with Crippen LogP contribution in [0.1, 0.15) is 36.2 Å². The summed E-state index contributed by atoms with van der Waals surface area (Å²) in [7, 11) is 0. The molecule has 166 valence electrons. The van der Waals surface area contributed by atoms with Gasteiger partial charge < -0.3 is 4.90 Å². The lowest BCUT2D eigenvalue weighted by molar-refractivity contribution is 0.101. The van der Waals surface area contributed by atoms with Gasteiger partial charge in [-0.2, -0.15) is 5.10 Å². The molecular weight excluding hydrogens is 425 g/mol. The molecule has 1 aliphatic heterocycles. The molecule has 0 bridgehead atoms. The Labute approximate surface area is 191 Å². The molecule has 0 N–H and O–H groups in total. The molecule has 5 rings (SSSR count). The summed E-state index contributed by atoms with van der Waals surface area (Å²) in [6, 6.07) is 14.9. The first-order valence-corrected chi connectivity index (χ1v) is 11.4. The quantitative estimate of drug-likeness (QED) is 0.407. The van der Waals surface area contributed by atoms with Crippen molar-refractivity contribution in [2.24, 2.45) is 0 Å². The van der Waals surface area contributed by atoms with E-state index in [1.807, 2.05) is 39.6 Å². The number of nitrogens with zero attached hydrogens (tertiary/aromatic N) is 5. The number of hydrogen-bond acceptors (Lipinski definition) is 5. The van der Waals surface area contributed by atoms with Crippen LogP contribution in [0.25, 0.3) is 11.4 Å². The minimum atomic E-state index is -0.272. The largest absolute Gasteiger partial charge is 0.369 e. The Morgan fingerprint density at radius 2 is 1.75 bits per heavy atom. The number of halogens is 1. The Morgan fingerprint density at radius 1 is 1.06 bits per heavy atom. The van der Waals surface area contributed by atoms with Crippen molar-refractivity contribution >= 4 is 23.7 Å². The van der Waals surface area contributed by atoms with Crippen LogP contribution in [0.5, 0.6) is 0 Å². The van der Waals surface area contributed by atoms with Gasteiger partial charge in [-0.15, -0.1) is 0 Å². The number of piperazine rings is 1. The lowest BCUT2D eigenvalue weighted by atomic mass is 10.1. The average Bonchev–Trinajstić information content (AvgIpc) is 3.59. The minimum absolute atomic E-state index is 0.0819. The fourth-order valence-electron chi connectivity index (χ4n) is 4.24. The van der Waals surface area contributed by atoms with Gasteiger partial charge in [0, 0.05) is 43.5 Å². The van der Waals surface area contributed by atoms with Gasteiger partial charge in [-0.1, -0.05) is 12.1 Å². The third kappa shape index (κ3) is 4.12. The molecule has 0 radical (unpaired) electrons. The molecule has 3 aromatic rings. The highest BCUT2D eigenvalue weighted by atomic mass is 32.1. The molecular formula is C24H26FN5OS. The Morgan fingerprint density at radius 3 is 2.38 bits per heavy atom. The molecule has 1 saturated heterocycles. The van der Waals surface area contributed by atoms with E-state index in [1.165, 1.54) is 6.07 Å². The van der Waals surface area contributed by atoms with E-state index in [2.05, 4.69) is 9.80 Å². The van der Waals surface area contributed by atoms with E-state index in [0.29, 0.717) is 28.9 Å². The van der Waals surface area contributed by atoms with Crippen LogP contribution in [0, 0.1) is 10.6 Å². The van der Waals surface area contributed by atoms with Gasteiger partial charge in [0.2, 0.25) is 0 Å². The van der Waals surface area contributed by atoms with Crippen LogP contribution in [-0.4, -0.2) is 51.2 Å². The van der Waals surface area contributed by atoms with E-state index in [9.17, 15) is 9.18 Å². The summed E-state index contributed by atoms with van der Waals surface area (Å²) in [6.07, 6.45) is 2.12. The maximum Gasteiger partial charge on any atom is 0.199 e. The van der Waals surface area contributed by atoms with Crippen molar-refractivity contribution in [1.29, 1.82) is 0 Å². The van der Waals surface area contributed by atoms with Gasteiger partial charge in [-0.05, 0) is 68.4 Å². The monoisotopic (exact) mass is 451 g/mol. The molecule has 2 heterocycles. The normalized spacial score (nSPS) is 17.0. The molecule has 2 aromatic carbocycles. The number of carbonyl (C=O) groups is 1. The zero-order valence-corrected chi connectivity index (χ0v) is 18.9. The summed E-state index contributed by atoms with van der Waals surface area (Å²) in [5.41, 5.74) is 2.37. The SMILES string of the molecule is CC(=O)c1ccc(N2CCN(Cn3nc(-c4ccccc4F)n(C4CC4)c3=S)CC2)cc1. The average molecular weight is 452 g/mol. The first kappa shape index (κ1) is 21.0. The lowest BCUT2D eigenvalue weighted by Gasteiger charge is -2.35. The van der Waals surface area contributed by atoms with E-state index in [4.69, 9.17) is 17.3 Å². The highest BCUT2D eigenvalue weighted by Gasteiger charge is 2.30. The Hall–Kier alpha value is -2.84. The second-order valence-corrected chi connectivity index (χ2v) is 8.90. The van der Waals surface area contributed by atoms with E-state index in [1.54, 1.807) is 19.1 Å². The van der Waals surface area contributed by atoms with E-state index < -0.39 is 0 Å². The molecule has 0 unspecified atom stereocenters. The van der Waals surface area contributed by atoms with Gasteiger partial charge in [0.25, 0.3) is 0 Å². The number of hydrogen-bond donors (Lipinski definition) is 0. The van der Waals surface area contributed by atoms with Gasteiger partial charge in [0.1, 0.15) is 5.82 Å². The predicted molar refractivity (Wildman–Crippen MR) is 125 cm³/mol. The molecule has 1 saturated carbocycles. The summed E-state index contributed by atoms with van der Waals surface area (Å²) in [6.45, 7) is 5.70. The van der Waals surface area contributed by atoms with E-state index in [-0.39, 0.29) is 11.6 Å². The van der Waals surface area contributed by atoms with Gasteiger partial charge in [0.15, 0.2) is 16.4 Å². The third-order valence-electron chi connectivity index (χ3n) is 6.24. The van der Waals surface area contributed by atoms with Crippen molar-refractivity contribution in [3.63, 3.8) is 0 Å². The summed E-state index contributed by atoms with van der Waals surface area (Å²) >= 11 is 5.75. The summed E-state index contributed by atoms with van der Waals surface area (Å²) in [4.78, 5) is 16.1. The smallest absolute Gasteiger partial charge is 0.199 e. The summed E-state index contributed by atoms with van der Waals surface area (Å²) < 4.78 is 19.0. The number of aromatic nitrogens is 3. The van der Waals surface area contributed by atoms with E-state index >= 15 is 0 Å². The minimum Gasteiger partial charge on any atom is -0.369 e. The Kier molecular flexibility index (Phi) is 5.65. The number of ketones is 1. The zero-order chi connectivity index (χ0) is 22.2. The molecule has 6 nitrogen and oxygen atoms in total. The van der Waals surface area contributed by atoms with Gasteiger partial charge in [0.05, 0.1) is 12.2 Å². The van der Waals surface area contributed by atoms with Crippen molar-refractivity contribution in [1.82, 2.24) is 19.2 Å². The molecule has 0 spiro atoms. The van der Waals surface area contributed by atoms with Gasteiger partial charge >= 0.3 is 0 Å². The van der Waals surface area contributed by atoms with Crippen LogP contribution in [0.3, 0.4) is 0 Å². The molecule has 2 aliphatic rings. The Balaban J connectivity index is 1.30. The lowest BCUT2D eigenvalue weighted by Crippen LogP contribution is -2.47. The van der Waals surface area contributed by atoms with Crippen LogP contribution >= 0.6 is 12.2 Å². The first-order chi connectivity index (χ1) is 15.5. The molecule has 1 aliphatic carbocycles. The summed E-state index contributed by atoms with van der Waals surface area (Å²) in [5.74, 6) is 0.434. The molecule has 0 amide bonds. The third-order valence-corrected chi connectivity index (χ3v) is 6.65. The van der Waals surface area contributed by atoms with Crippen LogP contribution in [0.4, 0.5) is 10.1 Å². The fraction of sp³-hybridized carbons (Fsp3) is 0.375. The predicted octanol–water partition coefficient (Wildman–Crippen LogP) is 4.54. The van der Waals surface area contributed by atoms with Gasteiger partial charge in [-0.3, -0.25) is 14.3 Å². The standard InChI is InChI=1S/C24H26FN5OS/c1-17(31)18-6-8-19(9-7-18)28-14-12-27(13-15-28)16-29-24(32)30(20-10-11-20)23(26-29)21-4-2-3-5-22(21)25/h2-9,20H,10-16H2,1H3. The number of carbonyl (C=O) groups excluding carboxylic acids is 1. The number of anilines is 1. The van der Waals surface area contributed by atoms with E-state index in [0.717, 1.165) is 50.3 Å². The molecule has 2 fully saturated rings. The van der Waals surface area contributed by atoms with Crippen LogP contribution in [0.15, 0.2) is 48.5 Å². The molecule has 1 aromatic heterocycles. The van der Waals surface area contributed by atoms with Gasteiger partial charge in [-0.25, -0.2) is 9.07 Å².